The van der Waals surface area contributed by atoms with Crippen molar-refractivity contribution >= 4 is 29.6 Å². The summed E-state index contributed by atoms with van der Waals surface area (Å²) in [6.45, 7) is 5.64. The molecule has 0 aromatic rings. The molecule has 0 bridgehead atoms. The number of nitrogens with one attached hydrogen (secondary N) is 3. The molecule has 37 heavy (non-hydrogen) atoms. The van der Waals surface area contributed by atoms with Crippen molar-refractivity contribution in [3.8, 4) is 0 Å². The molecule has 11 heteroatoms. The van der Waals surface area contributed by atoms with E-state index in [2.05, 4.69) is 16.0 Å². The summed E-state index contributed by atoms with van der Waals surface area (Å²) in [5.74, 6) is 1.13. The highest BCUT2D eigenvalue weighted by Crippen LogP contribution is 2.33. The van der Waals surface area contributed by atoms with E-state index >= 15 is 0 Å². The molecule has 0 aromatic heterocycles. The average Bonchev–Trinajstić information content (AvgIpc) is 3.42. The highest BCUT2D eigenvalue weighted by Gasteiger charge is 2.42. The van der Waals surface area contributed by atoms with Crippen LogP contribution in [0, 0.1) is 0 Å². The lowest BCUT2D eigenvalue weighted by Gasteiger charge is -2.17. The van der Waals surface area contributed by atoms with Crippen molar-refractivity contribution in [2.45, 2.75) is 94.6 Å². The Hall–Kier alpha value is -1.56. The number of ether oxygens (including phenoxy) is 2. The summed E-state index contributed by atoms with van der Waals surface area (Å²) < 4.78 is 11.3. The van der Waals surface area contributed by atoms with Crippen LogP contribution < -0.4 is 16.0 Å². The van der Waals surface area contributed by atoms with Crippen molar-refractivity contribution in [1.82, 2.24) is 20.9 Å². The van der Waals surface area contributed by atoms with Crippen LogP contribution in [-0.4, -0.2) is 104 Å². The zero-order valence-electron chi connectivity index (χ0n) is 22.7. The minimum atomic E-state index is -0.441. The van der Waals surface area contributed by atoms with Crippen molar-refractivity contribution in [3.63, 3.8) is 0 Å². The van der Waals surface area contributed by atoms with Gasteiger partial charge in [0.15, 0.2) is 0 Å². The molecule has 2 fully saturated rings. The molecule has 2 aliphatic heterocycles. The summed E-state index contributed by atoms with van der Waals surface area (Å²) in [5.41, 5.74) is 0. The topological polar surface area (TPSA) is 129 Å². The van der Waals surface area contributed by atoms with E-state index in [1.54, 1.807) is 18.9 Å². The molecule has 10 nitrogen and oxygen atoms in total. The van der Waals surface area contributed by atoms with Crippen LogP contribution in [0.15, 0.2) is 0 Å². The molecule has 2 rings (SSSR count). The zero-order valence-corrected chi connectivity index (χ0v) is 23.5. The maximum absolute atomic E-state index is 12.0. The molecule has 214 valence electrons. The number of aliphatic hydroxyl groups excluding tert-OH is 1. The summed E-state index contributed by atoms with van der Waals surface area (Å²) in [7, 11) is 1.79. The normalized spacial score (nSPS) is 21.3. The van der Waals surface area contributed by atoms with Crippen LogP contribution in [0.3, 0.4) is 0 Å². The second-order valence-corrected chi connectivity index (χ2v) is 11.3. The summed E-state index contributed by atoms with van der Waals surface area (Å²) in [5, 5.41) is 18.6. The van der Waals surface area contributed by atoms with E-state index in [1.807, 2.05) is 11.8 Å². The fourth-order valence-corrected chi connectivity index (χ4v) is 5.97. The number of thioether (sulfide) groups is 1. The van der Waals surface area contributed by atoms with Gasteiger partial charge in [-0.25, -0.2) is 4.79 Å². The van der Waals surface area contributed by atoms with Crippen molar-refractivity contribution in [2.24, 2.45) is 0 Å². The van der Waals surface area contributed by atoms with Gasteiger partial charge < -0.3 is 35.4 Å². The third kappa shape index (κ3) is 13.7. The third-order valence-electron chi connectivity index (χ3n) is 6.68. The van der Waals surface area contributed by atoms with Gasteiger partial charge in [0.2, 0.25) is 11.8 Å². The molecule has 0 aliphatic carbocycles. The monoisotopic (exact) mass is 544 g/mol. The zero-order chi connectivity index (χ0) is 26.9. The number of unbranched alkanes of at least 4 members (excludes halogenated alkanes) is 2. The smallest absolute Gasteiger partial charge is 0.315 e. The first-order valence-corrected chi connectivity index (χ1v) is 14.9. The summed E-state index contributed by atoms with van der Waals surface area (Å²) in [4.78, 5) is 37.0. The van der Waals surface area contributed by atoms with Crippen molar-refractivity contribution in [3.05, 3.63) is 0 Å². The molecule has 0 aromatic carbocycles. The van der Waals surface area contributed by atoms with Gasteiger partial charge in [0.25, 0.3) is 0 Å². The minimum Gasteiger partial charge on any atom is -0.393 e. The summed E-state index contributed by atoms with van der Waals surface area (Å²) in [6, 6.07) is 0.447. The van der Waals surface area contributed by atoms with Gasteiger partial charge in [-0.3, -0.25) is 9.59 Å². The maximum atomic E-state index is 12.0. The van der Waals surface area contributed by atoms with Gasteiger partial charge in [0, 0.05) is 70.4 Å². The second kappa shape index (κ2) is 18.7. The number of carbonyl (C=O) groups is 3. The number of urea groups is 1. The summed E-state index contributed by atoms with van der Waals surface area (Å²) >= 11 is 1.91. The lowest BCUT2D eigenvalue weighted by Crippen LogP contribution is -2.36. The summed E-state index contributed by atoms with van der Waals surface area (Å²) in [6.07, 6.45) is 7.37. The van der Waals surface area contributed by atoms with Crippen LogP contribution >= 0.6 is 11.8 Å². The largest absolute Gasteiger partial charge is 0.393 e. The van der Waals surface area contributed by atoms with Crippen molar-refractivity contribution in [1.29, 1.82) is 0 Å². The fourth-order valence-electron chi connectivity index (χ4n) is 4.43. The van der Waals surface area contributed by atoms with E-state index in [4.69, 9.17) is 9.47 Å². The van der Waals surface area contributed by atoms with E-state index < -0.39 is 6.10 Å². The first kappa shape index (κ1) is 31.7. The van der Waals surface area contributed by atoms with Crippen molar-refractivity contribution < 1.29 is 29.0 Å². The van der Waals surface area contributed by atoms with E-state index in [0.29, 0.717) is 64.0 Å². The number of fused-ring (bicyclic) bond motifs is 1. The quantitative estimate of drug-likeness (QED) is 0.129. The second-order valence-electron chi connectivity index (χ2n) is 10.1. The van der Waals surface area contributed by atoms with Crippen LogP contribution in [0.4, 0.5) is 4.79 Å². The third-order valence-corrected chi connectivity index (χ3v) is 8.19. The Labute approximate surface area is 226 Å². The Kier molecular flexibility index (Phi) is 16.0. The van der Waals surface area contributed by atoms with Crippen LogP contribution in [0.5, 0.6) is 0 Å². The number of aliphatic hydroxyl groups is 1. The van der Waals surface area contributed by atoms with Gasteiger partial charge in [-0.05, 0) is 51.9 Å². The molecule has 0 saturated carbocycles. The van der Waals surface area contributed by atoms with Gasteiger partial charge in [0.05, 0.1) is 18.2 Å². The lowest BCUT2D eigenvalue weighted by molar-refractivity contribution is -0.130. The lowest BCUT2D eigenvalue weighted by atomic mass is 10.0. The highest BCUT2D eigenvalue weighted by atomic mass is 32.2. The molecule has 4 amide bonds. The van der Waals surface area contributed by atoms with Crippen LogP contribution in [0.1, 0.15) is 71.1 Å². The first-order chi connectivity index (χ1) is 17.9. The van der Waals surface area contributed by atoms with Crippen LogP contribution in [0.2, 0.25) is 0 Å². The number of rotatable bonds is 21. The Morgan fingerprint density at radius 1 is 1.05 bits per heavy atom. The molecule has 0 spiro atoms. The molecular weight excluding hydrogens is 496 g/mol. The fraction of sp³-hybridized carbons (Fsp3) is 0.885. The SMILES string of the molecule is CC(O)CCC(=O)N(C)CCCOCCCCOCCCNC(=O)CCCCC1SCC2NC(=O)NC21. The van der Waals surface area contributed by atoms with E-state index in [-0.39, 0.29) is 29.9 Å². The number of carbonyl (C=O) groups excluding carboxylic acids is 3. The molecular formula is C26H48N4O6S. The van der Waals surface area contributed by atoms with Gasteiger partial charge in [0.1, 0.15) is 0 Å². The maximum Gasteiger partial charge on any atom is 0.315 e. The van der Waals surface area contributed by atoms with E-state index in [1.165, 1.54) is 0 Å². The predicted molar refractivity (Wildman–Crippen MR) is 146 cm³/mol. The Morgan fingerprint density at radius 2 is 1.76 bits per heavy atom. The van der Waals surface area contributed by atoms with Gasteiger partial charge in [-0.1, -0.05) is 6.42 Å². The number of hydrogen-bond acceptors (Lipinski definition) is 7. The Bertz CT molecular complexity index is 683. The minimum absolute atomic E-state index is 0.0511. The van der Waals surface area contributed by atoms with Crippen LogP contribution in [0.25, 0.3) is 0 Å². The van der Waals surface area contributed by atoms with E-state index in [9.17, 15) is 19.5 Å². The van der Waals surface area contributed by atoms with Crippen molar-refractivity contribution in [2.75, 3.05) is 52.3 Å². The van der Waals surface area contributed by atoms with Gasteiger partial charge >= 0.3 is 6.03 Å². The molecule has 2 aliphatic rings. The van der Waals surface area contributed by atoms with Gasteiger partial charge in [-0.15, -0.1) is 0 Å². The number of hydrogen-bond donors (Lipinski definition) is 4. The molecule has 4 N–H and O–H groups in total. The molecule has 0 radical (unpaired) electrons. The van der Waals surface area contributed by atoms with E-state index in [0.717, 1.165) is 50.7 Å². The number of nitrogens with zero attached hydrogens (tertiary/aromatic N) is 1. The molecule has 2 heterocycles. The van der Waals surface area contributed by atoms with Gasteiger partial charge in [-0.2, -0.15) is 11.8 Å². The molecule has 4 atom stereocenters. The standard InChI is InChI=1S/C26H48N4O6S/c1-20(31)11-12-24(33)30(2)14-8-18-36-16-6-5-15-35-17-7-13-27-23(32)10-4-3-9-22-25-21(19-37-22)28-26(34)29-25/h20-22,25,31H,3-19H2,1-2H3,(H,27,32)(H2,28,29,34). The predicted octanol–water partition coefficient (Wildman–Crippen LogP) is 2.04. The first-order valence-electron chi connectivity index (χ1n) is 13.9. The molecule has 4 unspecified atom stereocenters. The highest BCUT2D eigenvalue weighted by molar-refractivity contribution is 8.00. The Balaban J connectivity index is 1.29. The molecule has 2 saturated heterocycles. The average molecular weight is 545 g/mol. The Morgan fingerprint density at radius 3 is 2.49 bits per heavy atom. The number of amides is 4. The van der Waals surface area contributed by atoms with Crippen LogP contribution in [-0.2, 0) is 19.1 Å².